The number of carbonyl (C=O) groups excluding carboxylic acids is 2. The lowest BCUT2D eigenvalue weighted by Crippen LogP contribution is -2.48. The molecule has 1 aromatic heterocycles. The van der Waals surface area contributed by atoms with Crippen LogP contribution >= 0.6 is 0 Å². The highest BCUT2D eigenvalue weighted by molar-refractivity contribution is 6.04. The maximum Gasteiger partial charge on any atom is 0.237 e. The molecule has 0 atom stereocenters. The van der Waals surface area contributed by atoms with Gasteiger partial charge in [-0.2, -0.15) is 0 Å². The topological polar surface area (TPSA) is 62.3 Å². The summed E-state index contributed by atoms with van der Waals surface area (Å²) < 4.78 is 0. The minimum atomic E-state index is -1.09. The lowest BCUT2D eigenvalue weighted by Gasteiger charge is -2.28. The number of pyridine rings is 1. The minimum absolute atomic E-state index is 0.196. The molecule has 5 nitrogen and oxygen atoms in total. The Hall–Kier alpha value is -2.17. The Kier molecular flexibility index (Phi) is 6.09. The number of nitrogens with zero attached hydrogens (tertiary/aromatic N) is 2. The van der Waals surface area contributed by atoms with E-state index in [9.17, 15) is 9.59 Å². The molecule has 0 fully saturated rings. The number of likely N-dealkylation sites (N-methyl/N-ethyl adjacent to an activating group) is 1. The van der Waals surface area contributed by atoms with Gasteiger partial charge in [0.25, 0.3) is 0 Å². The van der Waals surface area contributed by atoms with Crippen LogP contribution in [0.2, 0.25) is 0 Å². The molecule has 0 saturated heterocycles. The first-order valence-electron chi connectivity index (χ1n) is 6.93. The Morgan fingerprint density at radius 1 is 1.38 bits per heavy atom. The van der Waals surface area contributed by atoms with Gasteiger partial charge in [-0.05, 0) is 38.0 Å². The molecule has 0 saturated carbocycles. The molecule has 0 aliphatic heterocycles. The molecule has 1 N–H and O–H groups in total. The highest BCUT2D eigenvalue weighted by Crippen LogP contribution is 2.18. The molecule has 1 heterocycles. The van der Waals surface area contributed by atoms with E-state index in [0.29, 0.717) is 13.1 Å². The summed E-state index contributed by atoms with van der Waals surface area (Å²) in [5, 5.41) is 2.67. The van der Waals surface area contributed by atoms with Crippen LogP contribution in [0.15, 0.2) is 37.2 Å². The largest absolute Gasteiger partial charge is 0.352 e. The molecule has 0 aromatic carbocycles. The normalized spacial score (nSPS) is 10.8. The summed E-state index contributed by atoms with van der Waals surface area (Å²) in [5.74, 6) is -0.485. The van der Waals surface area contributed by atoms with Gasteiger partial charge in [0.05, 0.1) is 0 Å². The van der Waals surface area contributed by atoms with Crippen LogP contribution in [-0.2, 0) is 16.0 Å². The Balaban J connectivity index is 2.59. The lowest BCUT2D eigenvalue weighted by atomic mass is 9.90. The summed E-state index contributed by atoms with van der Waals surface area (Å²) in [7, 11) is 1.71. The van der Waals surface area contributed by atoms with Crippen LogP contribution in [0, 0.1) is 5.41 Å². The lowest BCUT2D eigenvalue weighted by molar-refractivity contribution is -0.147. The van der Waals surface area contributed by atoms with E-state index in [1.165, 1.54) is 0 Å². The summed E-state index contributed by atoms with van der Waals surface area (Å²) in [6.07, 6.45) is 5.77. The number of hydrogen-bond donors (Lipinski definition) is 1. The van der Waals surface area contributed by atoms with Gasteiger partial charge in [0.15, 0.2) is 0 Å². The summed E-state index contributed by atoms with van der Waals surface area (Å²) in [5.41, 5.74) is 0.0225. The van der Waals surface area contributed by atoms with Crippen molar-refractivity contribution in [1.82, 2.24) is 15.2 Å². The quantitative estimate of drug-likeness (QED) is 0.610. The number of nitrogens with one attached hydrogen (secondary N) is 1. The highest BCUT2D eigenvalue weighted by atomic mass is 16.2. The average Bonchev–Trinajstić information content (AvgIpc) is 2.50. The van der Waals surface area contributed by atoms with E-state index in [1.807, 2.05) is 12.1 Å². The van der Waals surface area contributed by atoms with Gasteiger partial charge >= 0.3 is 0 Å². The Morgan fingerprint density at radius 3 is 2.57 bits per heavy atom. The molecule has 0 aliphatic rings. The van der Waals surface area contributed by atoms with Crippen molar-refractivity contribution in [3.63, 3.8) is 0 Å². The van der Waals surface area contributed by atoms with Gasteiger partial charge in [0, 0.05) is 32.5 Å². The first-order chi connectivity index (χ1) is 9.89. The van der Waals surface area contributed by atoms with Crippen molar-refractivity contribution in [2.45, 2.75) is 20.3 Å². The Morgan fingerprint density at radius 2 is 2.00 bits per heavy atom. The summed E-state index contributed by atoms with van der Waals surface area (Å²) in [6.45, 7) is 7.73. The molecule has 5 heteroatoms. The van der Waals surface area contributed by atoms with Crippen LogP contribution < -0.4 is 5.32 Å². The highest BCUT2D eigenvalue weighted by Gasteiger charge is 2.37. The second-order valence-electron chi connectivity index (χ2n) is 5.46. The van der Waals surface area contributed by atoms with Crippen LogP contribution in [0.1, 0.15) is 19.4 Å². The number of rotatable bonds is 7. The van der Waals surface area contributed by atoms with Crippen LogP contribution in [0.4, 0.5) is 0 Å². The molecule has 0 aliphatic carbocycles. The van der Waals surface area contributed by atoms with E-state index in [-0.39, 0.29) is 11.8 Å². The predicted molar refractivity (Wildman–Crippen MR) is 82.6 cm³/mol. The van der Waals surface area contributed by atoms with E-state index in [4.69, 9.17) is 0 Å². The van der Waals surface area contributed by atoms with Crippen molar-refractivity contribution in [3.05, 3.63) is 42.7 Å². The van der Waals surface area contributed by atoms with Gasteiger partial charge in [-0.1, -0.05) is 6.08 Å². The van der Waals surface area contributed by atoms with E-state index in [2.05, 4.69) is 16.9 Å². The fourth-order valence-electron chi connectivity index (χ4n) is 1.91. The molecular formula is C16H23N3O2. The van der Waals surface area contributed by atoms with Crippen molar-refractivity contribution >= 4 is 11.8 Å². The molecule has 0 radical (unpaired) electrons. The number of amides is 2. The summed E-state index contributed by atoms with van der Waals surface area (Å²) in [6, 6.07) is 3.83. The number of hydrogen-bond acceptors (Lipinski definition) is 3. The molecule has 1 aromatic rings. The molecule has 21 heavy (non-hydrogen) atoms. The molecule has 0 unspecified atom stereocenters. The van der Waals surface area contributed by atoms with Crippen molar-refractivity contribution < 1.29 is 9.59 Å². The van der Waals surface area contributed by atoms with E-state index >= 15 is 0 Å². The minimum Gasteiger partial charge on any atom is -0.352 e. The predicted octanol–water partition coefficient (Wildman–Crippen LogP) is 1.41. The molecular weight excluding hydrogens is 266 g/mol. The van der Waals surface area contributed by atoms with E-state index < -0.39 is 5.41 Å². The van der Waals surface area contributed by atoms with Crippen molar-refractivity contribution in [3.8, 4) is 0 Å². The maximum absolute atomic E-state index is 12.4. The van der Waals surface area contributed by atoms with Crippen molar-refractivity contribution in [1.29, 1.82) is 0 Å². The third-order valence-corrected chi connectivity index (χ3v) is 3.34. The zero-order valence-corrected chi connectivity index (χ0v) is 12.9. The van der Waals surface area contributed by atoms with E-state index in [0.717, 1.165) is 12.0 Å². The van der Waals surface area contributed by atoms with Crippen LogP contribution in [-0.4, -0.2) is 41.8 Å². The third kappa shape index (κ3) is 4.70. The third-order valence-electron chi connectivity index (χ3n) is 3.34. The number of aromatic nitrogens is 1. The maximum atomic E-state index is 12.4. The summed E-state index contributed by atoms with van der Waals surface area (Å²) in [4.78, 5) is 30.0. The fraction of sp³-hybridized carbons (Fsp3) is 0.438. The van der Waals surface area contributed by atoms with Gasteiger partial charge in [-0.3, -0.25) is 14.6 Å². The molecule has 114 valence electrons. The fourth-order valence-corrected chi connectivity index (χ4v) is 1.91. The molecule has 0 spiro atoms. The number of carbonyl (C=O) groups is 2. The standard InChI is InChI=1S/C16H23N3O2/c1-5-9-18-14(20)16(2,3)15(21)19(4)12-8-13-6-10-17-11-7-13/h5-7,10-11H,1,8-9,12H2,2-4H3,(H,18,20). The molecule has 1 rings (SSSR count). The zero-order valence-electron chi connectivity index (χ0n) is 12.9. The SMILES string of the molecule is C=CCNC(=O)C(C)(C)C(=O)N(C)CCc1ccncc1. The molecule has 2 amide bonds. The van der Waals surface area contributed by atoms with Crippen molar-refractivity contribution in [2.24, 2.45) is 5.41 Å². The van der Waals surface area contributed by atoms with Gasteiger partial charge in [0.1, 0.15) is 5.41 Å². The zero-order chi connectivity index (χ0) is 15.9. The first kappa shape index (κ1) is 16.9. The summed E-state index contributed by atoms with van der Waals surface area (Å²) >= 11 is 0. The smallest absolute Gasteiger partial charge is 0.237 e. The van der Waals surface area contributed by atoms with Gasteiger partial charge in [-0.25, -0.2) is 0 Å². The second kappa shape index (κ2) is 7.57. The average molecular weight is 289 g/mol. The van der Waals surface area contributed by atoms with Crippen LogP contribution in [0.25, 0.3) is 0 Å². The molecule has 0 bridgehead atoms. The first-order valence-corrected chi connectivity index (χ1v) is 6.93. The monoisotopic (exact) mass is 289 g/mol. The van der Waals surface area contributed by atoms with E-state index in [1.54, 1.807) is 44.3 Å². The van der Waals surface area contributed by atoms with Crippen molar-refractivity contribution in [2.75, 3.05) is 20.1 Å². The van der Waals surface area contributed by atoms with Crippen LogP contribution in [0.5, 0.6) is 0 Å². The Bertz CT molecular complexity index is 498. The Labute approximate surface area is 126 Å². The van der Waals surface area contributed by atoms with Gasteiger partial charge < -0.3 is 10.2 Å². The van der Waals surface area contributed by atoms with Gasteiger partial charge in [-0.15, -0.1) is 6.58 Å². The second-order valence-corrected chi connectivity index (χ2v) is 5.46. The van der Waals surface area contributed by atoms with Gasteiger partial charge in [0.2, 0.25) is 11.8 Å². The van der Waals surface area contributed by atoms with Crippen LogP contribution in [0.3, 0.4) is 0 Å².